The summed E-state index contributed by atoms with van der Waals surface area (Å²) in [7, 11) is 3.67. The van der Waals surface area contributed by atoms with Gasteiger partial charge in [0.1, 0.15) is 0 Å². The quantitative estimate of drug-likeness (QED) is 0.473. The number of aromatic nitrogens is 2. The Kier molecular flexibility index (Phi) is 7.26. The highest BCUT2D eigenvalue weighted by molar-refractivity contribution is 5.78. The van der Waals surface area contributed by atoms with E-state index in [9.17, 15) is 9.18 Å². The van der Waals surface area contributed by atoms with Crippen LogP contribution < -0.4 is 25.4 Å². The van der Waals surface area contributed by atoms with E-state index in [0.29, 0.717) is 17.2 Å². The van der Waals surface area contributed by atoms with Crippen molar-refractivity contribution in [2.24, 2.45) is 0 Å². The van der Waals surface area contributed by atoms with E-state index in [2.05, 4.69) is 65.6 Å². The highest BCUT2D eigenvalue weighted by Gasteiger charge is 2.43. The van der Waals surface area contributed by atoms with Crippen molar-refractivity contribution in [3.63, 3.8) is 0 Å². The summed E-state index contributed by atoms with van der Waals surface area (Å²) in [5, 5.41) is 9.29. The average molecular weight is 501 g/mol. The van der Waals surface area contributed by atoms with E-state index in [1.807, 2.05) is 0 Å². The van der Waals surface area contributed by atoms with Gasteiger partial charge in [-0.2, -0.15) is 4.98 Å². The Bertz CT molecular complexity index is 1090. The van der Waals surface area contributed by atoms with Crippen LogP contribution in [0.1, 0.15) is 53.4 Å². The van der Waals surface area contributed by atoms with Crippen LogP contribution in [0, 0.1) is 5.82 Å². The van der Waals surface area contributed by atoms with Crippen LogP contribution in [0.2, 0.25) is 0 Å². The van der Waals surface area contributed by atoms with Crippen molar-refractivity contribution < 1.29 is 18.7 Å². The molecule has 0 spiro atoms. The molecule has 0 unspecified atom stereocenters. The Morgan fingerprint density at radius 3 is 2.47 bits per heavy atom. The molecule has 0 bridgehead atoms. The summed E-state index contributed by atoms with van der Waals surface area (Å²) in [6.45, 7) is 8.69. The molecule has 36 heavy (non-hydrogen) atoms. The molecule has 9 nitrogen and oxygen atoms in total. The summed E-state index contributed by atoms with van der Waals surface area (Å²) in [5.41, 5.74) is 0.533. The van der Waals surface area contributed by atoms with Gasteiger partial charge in [0.25, 0.3) is 5.91 Å². The Labute approximate surface area is 212 Å². The number of piperidine rings is 1. The monoisotopic (exact) mass is 500 g/mol. The predicted octanol–water partition coefficient (Wildman–Crippen LogP) is 4.09. The summed E-state index contributed by atoms with van der Waals surface area (Å²) < 4.78 is 25.7. The molecule has 1 saturated carbocycles. The van der Waals surface area contributed by atoms with Crippen molar-refractivity contribution >= 4 is 23.4 Å². The van der Waals surface area contributed by atoms with Crippen LogP contribution in [0.5, 0.6) is 11.5 Å². The second kappa shape index (κ2) is 10.1. The zero-order chi connectivity index (χ0) is 26.1. The lowest BCUT2D eigenvalue weighted by Crippen LogP contribution is -2.61. The smallest absolute Gasteiger partial charge is 0.258 e. The lowest BCUT2D eigenvalue weighted by molar-refractivity contribution is -0.123. The highest BCUT2D eigenvalue weighted by atomic mass is 19.1. The molecule has 3 N–H and O–H groups in total. The molecular weight excluding hydrogens is 463 g/mol. The zero-order valence-electron chi connectivity index (χ0n) is 21.9. The largest absolute Gasteiger partial charge is 0.493 e. The topological polar surface area (TPSA) is 101 Å². The fourth-order valence-electron chi connectivity index (χ4n) is 4.83. The van der Waals surface area contributed by atoms with Gasteiger partial charge in [-0.1, -0.05) is 0 Å². The minimum atomic E-state index is -0.504. The summed E-state index contributed by atoms with van der Waals surface area (Å²) in [6.07, 6.45) is 4.89. The molecule has 4 rings (SSSR count). The summed E-state index contributed by atoms with van der Waals surface area (Å²) in [5.74, 6) is 0.633. The van der Waals surface area contributed by atoms with Gasteiger partial charge in [-0.25, -0.2) is 9.37 Å². The third kappa shape index (κ3) is 6.16. The Morgan fingerprint density at radius 2 is 1.83 bits per heavy atom. The minimum Gasteiger partial charge on any atom is -0.493 e. The van der Waals surface area contributed by atoms with Crippen LogP contribution in [0.4, 0.5) is 21.8 Å². The molecule has 196 valence electrons. The number of anilines is 3. The van der Waals surface area contributed by atoms with Crippen LogP contribution in [0.3, 0.4) is 0 Å². The number of amides is 1. The van der Waals surface area contributed by atoms with Gasteiger partial charge in [0.2, 0.25) is 5.95 Å². The van der Waals surface area contributed by atoms with Crippen molar-refractivity contribution in [1.29, 1.82) is 0 Å². The molecule has 1 aromatic heterocycles. The van der Waals surface area contributed by atoms with Gasteiger partial charge in [-0.05, 0) is 72.6 Å². The number of carbonyl (C=O) groups excluding carboxylic acids is 1. The zero-order valence-corrected chi connectivity index (χ0v) is 21.9. The number of methoxy groups -OCH3 is 1. The fourth-order valence-corrected chi connectivity index (χ4v) is 4.83. The Balaban J connectivity index is 1.46. The van der Waals surface area contributed by atoms with Crippen LogP contribution in [0.15, 0.2) is 24.4 Å². The van der Waals surface area contributed by atoms with Gasteiger partial charge in [-0.15, -0.1) is 0 Å². The van der Waals surface area contributed by atoms with E-state index in [1.54, 1.807) is 18.2 Å². The summed E-state index contributed by atoms with van der Waals surface area (Å²) >= 11 is 0. The van der Waals surface area contributed by atoms with E-state index < -0.39 is 5.82 Å². The van der Waals surface area contributed by atoms with Crippen LogP contribution in [-0.2, 0) is 4.79 Å². The normalized spacial score (nSPS) is 19.4. The fraction of sp³-hybridized carbons (Fsp3) is 0.577. The summed E-state index contributed by atoms with van der Waals surface area (Å²) in [6, 6.07) is 5.53. The third-order valence-electron chi connectivity index (χ3n) is 7.11. The van der Waals surface area contributed by atoms with Gasteiger partial charge in [0.05, 0.1) is 13.3 Å². The average Bonchev–Trinajstić information content (AvgIpc) is 3.62. The molecule has 1 amide bonds. The third-order valence-corrected chi connectivity index (χ3v) is 7.11. The molecule has 1 aliphatic carbocycles. The first-order valence-corrected chi connectivity index (χ1v) is 12.4. The Hall–Kier alpha value is -3.14. The van der Waals surface area contributed by atoms with E-state index in [-0.39, 0.29) is 47.4 Å². The number of likely N-dealkylation sites (tertiary alicyclic amines) is 1. The van der Waals surface area contributed by atoms with Crippen molar-refractivity contribution in [3.05, 3.63) is 30.2 Å². The van der Waals surface area contributed by atoms with Crippen molar-refractivity contribution in [3.8, 4) is 11.5 Å². The van der Waals surface area contributed by atoms with Crippen LogP contribution in [-0.4, -0.2) is 64.7 Å². The Morgan fingerprint density at radius 1 is 1.14 bits per heavy atom. The predicted molar refractivity (Wildman–Crippen MR) is 137 cm³/mol. The van der Waals surface area contributed by atoms with Crippen molar-refractivity contribution in [2.75, 3.05) is 31.4 Å². The molecule has 2 aromatic rings. The lowest BCUT2D eigenvalue weighted by atomic mass is 9.77. The lowest BCUT2D eigenvalue weighted by Gasteiger charge is -2.53. The van der Waals surface area contributed by atoms with E-state index in [0.717, 1.165) is 31.9 Å². The van der Waals surface area contributed by atoms with Crippen LogP contribution >= 0.6 is 0 Å². The number of ether oxygens (including phenoxy) is 2. The molecule has 2 fully saturated rings. The first-order valence-electron chi connectivity index (χ1n) is 12.4. The molecule has 10 heteroatoms. The van der Waals surface area contributed by atoms with E-state index >= 15 is 0 Å². The number of nitrogens with zero attached hydrogens (tertiary/aromatic N) is 3. The molecule has 2 heterocycles. The second-order valence-electron chi connectivity index (χ2n) is 10.9. The molecule has 1 aromatic carbocycles. The van der Waals surface area contributed by atoms with Gasteiger partial charge in [0, 0.05) is 34.9 Å². The standard InChI is InChI=1S/C26H37FN6O3/c1-25(2)12-18(13-26(3,4)33(25)5)30-23-19(27)14-28-24(32-23)31-17-9-10-20(35-6)21(11-17)36-15-22(34)29-16-7-8-16/h9-11,14,16,18H,7-8,12-13,15H2,1-6H3,(H,29,34)(H2,28,30,31,32). The maximum Gasteiger partial charge on any atom is 0.258 e. The summed E-state index contributed by atoms with van der Waals surface area (Å²) in [4.78, 5) is 22.9. The number of rotatable bonds is 9. The van der Waals surface area contributed by atoms with E-state index in [4.69, 9.17) is 9.47 Å². The SMILES string of the molecule is COc1ccc(Nc2ncc(F)c(NC3CC(C)(C)N(C)C(C)(C)C3)n2)cc1OCC(=O)NC1CC1. The van der Waals surface area contributed by atoms with Crippen molar-refractivity contribution in [1.82, 2.24) is 20.2 Å². The second-order valence-corrected chi connectivity index (χ2v) is 10.9. The van der Waals surface area contributed by atoms with Gasteiger partial charge in [0.15, 0.2) is 29.7 Å². The molecule has 0 atom stereocenters. The maximum absolute atomic E-state index is 14.7. The number of halogens is 1. The van der Waals surface area contributed by atoms with Gasteiger partial charge in [-0.3, -0.25) is 9.69 Å². The first-order chi connectivity index (χ1) is 17.0. The number of hydrogen-bond donors (Lipinski definition) is 3. The molecular formula is C26H37FN6O3. The minimum absolute atomic E-state index is 0.0426. The maximum atomic E-state index is 14.7. The number of nitrogens with one attached hydrogen (secondary N) is 3. The number of carbonyl (C=O) groups is 1. The number of benzene rings is 1. The van der Waals surface area contributed by atoms with Gasteiger partial charge >= 0.3 is 0 Å². The highest BCUT2D eigenvalue weighted by Crippen LogP contribution is 2.38. The number of hydrogen-bond acceptors (Lipinski definition) is 8. The van der Waals surface area contributed by atoms with E-state index in [1.165, 1.54) is 7.11 Å². The van der Waals surface area contributed by atoms with Gasteiger partial charge < -0.3 is 25.4 Å². The van der Waals surface area contributed by atoms with Crippen molar-refractivity contribution in [2.45, 2.75) is 76.5 Å². The first kappa shape index (κ1) is 25.9. The molecule has 2 aliphatic rings. The molecule has 1 aliphatic heterocycles. The molecule has 1 saturated heterocycles. The molecule has 0 radical (unpaired) electrons. The van der Waals surface area contributed by atoms with Crippen LogP contribution in [0.25, 0.3) is 0 Å².